The lowest BCUT2D eigenvalue weighted by atomic mass is 10.2. The Morgan fingerprint density at radius 1 is 1.30 bits per heavy atom. The number of hydrogen-bond donors (Lipinski definition) is 2. The second-order valence-corrected chi connectivity index (χ2v) is 7.21. The van der Waals surface area contributed by atoms with E-state index in [9.17, 15) is 8.42 Å². The summed E-state index contributed by atoms with van der Waals surface area (Å²) in [5, 5.41) is 0.405. The van der Waals surface area contributed by atoms with E-state index in [1.165, 1.54) is 11.3 Å². The summed E-state index contributed by atoms with van der Waals surface area (Å²) >= 11 is 1.35. The predicted octanol–water partition coefficient (Wildman–Crippen LogP) is 2.27. The molecule has 3 N–H and O–H groups in total. The van der Waals surface area contributed by atoms with Gasteiger partial charge in [0.05, 0.1) is 10.6 Å². The number of rotatable bonds is 5. The maximum atomic E-state index is 12.2. The molecule has 1 aromatic heterocycles. The lowest BCUT2D eigenvalue weighted by Gasteiger charge is -2.05. The lowest BCUT2D eigenvalue weighted by molar-refractivity contribution is 0.601. The van der Waals surface area contributed by atoms with Crippen molar-refractivity contribution in [1.82, 2.24) is 4.98 Å². The molecule has 0 radical (unpaired) electrons. The number of anilines is 1. The van der Waals surface area contributed by atoms with Crippen LogP contribution in [0.5, 0.6) is 0 Å². The molecular weight excluding hydrogens is 294 g/mol. The summed E-state index contributed by atoms with van der Waals surface area (Å²) in [4.78, 5) is 5.52. The molecule has 20 heavy (non-hydrogen) atoms. The van der Waals surface area contributed by atoms with Crippen LogP contribution in [0.15, 0.2) is 29.2 Å². The van der Waals surface area contributed by atoms with E-state index >= 15 is 0 Å². The molecule has 5 nitrogen and oxygen atoms in total. The zero-order valence-electron chi connectivity index (χ0n) is 11.4. The van der Waals surface area contributed by atoms with Gasteiger partial charge in [-0.2, -0.15) is 0 Å². The molecule has 0 atom stereocenters. The van der Waals surface area contributed by atoms with Crippen LogP contribution >= 0.6 is 11.3 Å². The van der Waals surface area contributed by atoms with Crippen LogP contribution in [0.3, 0.4) is 0 Å². The van der Waals surface area contributed by atoms with Gasteiger partial charge >= 0.3 is 0 Å². The van der Waals surface area contributed by atoms with Gasteiger partial charge in [-0.3, -0.25) is 4.72 Å². The van der Waals surface area contributed by atoms with E-state index in [1.807, 2.05) is 13.8 Å². The number of nitrogens with zero attached hydrogens (tertiary/aromatic N) is 1. The van der Waals surface area contributed by atoms with Gasteiger partial charge in [0.1, 0.15) is 0 Å². The van der Waals surface area contributed by atoms with E-state index in [1.54, 1.807) is 24.3 Å². The molecule has 0 saturated heterocycles. The van der Waals surface area contributed by atoms with E-state index in [-0.39, 0.29) is 4.90 Å². The Labute approximate surface area is 122 Å². The van der Waals surface area contributed by atoms with Gasteiger partial charge in [0.15, 0.2) is 5.13 Å². The first-order valence-corrected chi connectivity index (χ1v) is 8.54. The molecule has 7 heteroatoms. The molecule has 1 aromatic carbocycles. The van der Waals surface area contributed by atoms with Crippen molar-refractivity contribution in [3.63, 3.8) is 0 Å². The molecule has 0 aliphatic carbocycles. The van der Waals surface area contributed by atoms with Crippen molar-refractivity contribution in [2.45, 2.75) is 31.7 Å². The largest absolute Gasteiger partial charge is 0.326 e. The molecule has 2 aromatic rings. The number of nitrogens with two attached hydrogens (primary N) is 1. The lowest BCUT2D eigenvalue weighted by Crippen LogP contribution is -2.13. The monoisotopic (exact) mass is 311 g/mol. The number of benzene rings is 1. The van der Waals surface area contributed by atoms with Gasteiger partial charge in [-0.1, -0.05) is 19.1 Å². The first kappa shape index (κ1) is 15.0. The zero-order chi connectivity index (χ0) is 14.8. The molecular formula is C13H17N3O2S2. The maximum absolute atomic E-state index is 12.2. The molecule has 0 aliphatic heterocycles. The third kappa shape index (κ3) is 3.17. The van der Waals surface area contributed by atoms with Crippen LogP contribution in [-0.4, -0.2) is 13.4 Å². The Hall–Kier alpha value is -1.44. The summed E-state index contributed by atoms with van der Waals surface area (Å²) in [6, 6.07) is 6.51. The first-order chi connectivity index (χ1) is 9.46. The molecule has 0 unspecified atom stereocenters. The van der Waals surface area contributed by atoms with Gasteiger partial charge in [0, 0.05) is 11.4 Å². The van der Waals surface area contributed by atoms with Crippen molar-refractivity contribution < 1.29 is 8.42 Å². The van der Waals surface area contributed by atoms with Crippen LogP contribution < -0.4 is 10.5 Å². The number of aromatic nitrogens is 1. The summed E-state index contributed by atoms with van der Waals surface area (Å²) in [7, 11) is -3.59. The van der Waals surface area contributed by atoms with Gasteiger partial charge in [0.2, 0.25) is 0 Å². The number of sulfonamides is 1. The predicted molar refractivity (Wildman–Crippen MR) is 81.4 cm³/mol. The fraction of sp³-hybridized carbons (Fsp3) is 0.308. The highest BCUT2D eigenvalue weighted by atomic mass is 32.2. The van der Waals surface area contributed by atoms with Gasteiger partial charge in [-0.25, -0.2) is 13.4 Å². The molecule has 2 rings (SSSR count). The second kappa shape index (κ2) is 5.90. The number of aryl methyl sites for hydroxylation is 2. The van der Waals surface area contributed by atoms with Crippen LogP contribution in [0, 0.1) is 6.92 Å². The summed E-state index contributed by atoms with van der Waals surface area (Å²) in [6.45, 7) is 4.31. The number of hydrogen-bond acceptors (Lipinski definition) is 5. The van der Waals surface area contributed by atoms with Crippen LogP contribution in [0.25, 0.3) is 0 Å². The van der Waals surface area contributed by atoms with Crippen LogP contribution in [0.1, 0.15) is 23.1 Å². The molecule has 0 saturated carbocycles. The van der Waals surface area contributed by atoms with Crippen molar-refractivity contribution >= 4 is 26.5 Å². The van der Waals surface area contributed by atoms with E-state index in [0.29, 0.717) is 11.7 Å². The smallest absolute Gasteiger partial charge is 0.263 e. The first-order valence-electron chi connectivity index (χ1n) is 6.24. The highest BCUT2D eigenvalue weighted by molar-refractivity contribution is 7.93. The summed E-state index contributed by atoms with van der Waals surface area (Å²) < 4.78 is 27.0. The van der Waals surface area contributed by atoms with Crippen LogP contribution in [0.2, 0.25) is 0 Å². The van der Waals surface area contributed by atoms with Gasteiger partial charge in [-0.05, 0) is 31.0 Å². The third-order valence-corrected chi connectivity index (χ3v) is 5.33. The minimum atomic E-state index is -3.59. The summed E-state index contributed by atoms with van der Waals surface area (Å²) in [6.07, 6.45) is 0.787. The van der Waals surface area contributed by atoms with Crippen LogP contribution in [-0.2, 0) is 23.0 Å². The average molecular weight is 311 g/mol. The Bertz CT molecular complexity index is 691. The summed E-state index contributed by atoms with van der Waals surface area (Å²) in [5.41, 5.74) is 7.31. The zero-order valence-corrected chi connectivity index (χ0v) is 13.0. The molecule has 0 bridgehead atoms. The maximum Gasteiger partial charge on any atom is 0.263 e. The van der Waals surface area contributed by atoms with Gasteiger partial charge in [-0.15, -0.1) is 11.3 Å². The molecule has 1 heterocycles. The SMILES string of the molecule is CCc1nc(NS(=O)(=O)c2ccc(CN)cc2)sc1C. The minimum Gasteiger partial charge on any atom is -0.326 e. The normalized spacial score (nSPS) is 11.6. The Balaban J connectivity index is 2.25. The van der Waals surface area contributed by atoms with E-state index in [4.69, 9.17) is 5.73 Å². The minimum absolute atomic E-state index is 0.209. The Morgan fingerprint density at radius 2 is 1.95 bits per heavy atom. The van der Waals surface area contributed by atoms with E-state index in [0.717, 1.165) is 22.6 Å². The standard InChI is InChI=1S/C13H17N3O2S2/c1-3-12-9(2)19-13(15-12)16-20(17,18)11-6-4-10(8-14)5-7-11/h4-7H,3,8,14H2,1-2H3,(H,15,16). The fourth-order valence-corrected chi connectivity index (χ4v) is 3.92. The number of thiazole rings is 1. The molecule has 0 spiro atoms. The topological polar surface area (TPSA) is 85.1 Å². The van der Waals surface area contributed by atoms with Gasteiger partial charge < -0.3 is 5.73 Å². The van der Waals surface area contributed by atoms with E-state index < -0.39 is 10.0 Å². The number of nitrogens with one attached hydrogen (secondary N) is 1. The highest BCUT2D eigenvalue weighted by Crippen LogP contribution is 2.25. The molecule has 0 fully saturated rings. The fourth-order valence-electron chi connectivity index (χ4n) is 1.78. The van der Waals surface area contributed by atoms with Gasteiger partial charge in [0.25, 0.3) is 10.0 Å². The molecule has 0 amide bonds. The Morgan fingerprint density at radius 3 is 2.45 bits per heavy atom. The van der Waals surface area contributed by atoms with Crippen molar-refractivity contribution in [3.8, 4) is 0 Å². The quantitative estimate of drug-likeness (QED) is 0.887. The average Bonchev–Trinajstić information content (AvgIpc) is 2.78. The van der Waals surface area contributed by atoms with Crippen molar-refractivity contribution in [2.24, 2.45) is 5.73 Å². The second-order valence-electron chi connectivity index (χ2n) is 4.33. The van der Waals surface area contributed by atoms with Crippen molar-refractivity contribution in [2.75, 3.05) is 4.72 Å². The Kier molecular flexibility index (Phi) is 4.42. The molecule has 108 valence electrons. The summed E-state index contributed by atoms with van der Waals surface area (Å²) in [5.74, 6) is 0. The van der Waals surface area contributed by atoms with Crippen molar-refractivity contribution in [3.05, 3.63) is 40.4 Å². The van der Waals surface area contributed by atoms with Crippen molar-refractivity contribution in [1.29, 1.82) is 0 Å². The molecule has 0 aliphatic rings. The third-order valence-electron chi connectivity index (χ3n) is 2.92. The van der Waals surface area contributed by atoms with E-state index in [2.05, 4.69) is 9.71 Å². The highest BCUT2D eigenvalue weighted by Gasteiger charge is 2.17. The van der Waals surface area contributed by atoms with Crippen LogP contribution in [0.4, 0.5) is 5.13 Å².